The number of nitriles is 1. The molecule has 7 heteroatoms. The van der Waals surface area contributed by atoms with E-state index in [1.807, 2.05) is 0 Å². The fourth-order valence-corrected chi connectivity index (χ4v) is 3.10. The molecule has 2 aliphatic heterocycles. The number of rotatable bonds is 2. The van der Waals surface area contributed by atoms with E-state index < -0.39 is 23.1 Å². The SMILES string of the molecule is N#Cc1cc(F)c(C(=O)N2CCN(C3CCOC3)CC2)c(F)c1. The van der Waals surface area contributed by atoms with Crippen molar-refractivity contribution in [2.45, 2.75) is 12.5 Å². The molecule has 0 spiro atoms. The monoisotopic (exact) mass is 321 g/mol. The molecule has 122 valence electrons. The zero-order valence-electron chi connectivity index (χ0n) is 12.6. The molecule has 2 saturated heterocycles. The topological polar surface area (TPSA) is 56.6 Å². The lowest BCUT2D eigenvalue weighted by Crippen LogP contribution is -2.52. The van der Waals surface area contributed by atoms with Crippen LogP contribution in [0.1, 0.15) is 22.3 Å². The second-order valence-electron chi connectivity index (χ2n) is 5.77. The summed E-state index contributed by atoms with van der Waals surface area (Å²) in [5.74, 6) is -2.64. The molecule has 1 amide bonds. The van der Waals surface area contributed by atoms with Crippen LogP contribution >= 0.6 is 0 Å². The number of benzene rings is 1. The lowest BCUT2D eigenvalue weighted by molar-refractivity contribution is 0.0541. The molecule has 3 rings (SSSR count). The number of halogens is 2. The van der Waals surface area contributed by atoms with Crippen molar-refractivity contribution in [3.8, 4) is 6.07 Å². The number of amides is 1. The van der Waals surface area contributed by atoms with E-state index in [0.29, 0.717) is 38.8 Å². The van der Waals surface area contributed by atoms with Crippen molar-refractivity contribution in [2.75, 3.05) is 39.4 Å². The van der Waals surface area contributed by atoms with Crippen LogP contribution < -0.4 is 0 Å². The first-order chi connectivity index (χ1) is 11.1. The minimum atomic E-state index is -0.988. The molecule has 0 radical (unpaired) electrons. The molecule has 1 unspecified atom stereocenters. The molecular formula is C16H17F2N3O2. The van der Waals surface area contributed by atoms with Crippen molar-refractivity contribution in [1.29, 1.82) is 5.26 Å². The maximum atomic E-state index is 14.0. The number of nitrogens with zero attached hydrogens (tertiary/aromatic N) is 3. The first-order valence-corrected chi connectivity index (χ1v) is 7.60. The summed E-state index contributed by atoms with van der Waals surface area (Å²) in [6.45, 7) is 3.64. The smallest absolute Gasteiger partial charge is 0.259 e. The molecule has 0 saturated carbocycles. The second-order valence-corrected chi connectivity index (χ2v) is 5.77. The Morgan fingerprint density at radius 2 is 1.87 bits per heavy atom. The highest BCUT2D eigenvalue weighted by Crippen LogP contribution is 2.20. The Morgan fingerprint density at radius 3 is 2.39 bits per heavy atom. The van der Waals surface area contributed by atoms with Crippen molar-refractivity contribution in [3.63, 3.8) is 0 Å². The third kappa shape index (κ3) is 3.19. The van der Waals surface area contributed by atoms with E-state index >= 15 is 0 Å². The lowest BCUT2D eigenvalue weighted by atomic mass is 10.1. The van der Waals surface area contributed by atoms with E-state index in [-0.39, 0.29) is 5.56 Å². The summed E-state index contributed by atoms with van der Waals surface area (Å²) in [6.07, 6.45) is 0.979. The normalized spacial score (nSPS) is 22.1. The molecule has 0 aromatic heterocycles. The molecule has 0 N–H and O–H groups in total. The Hall–Kier alpha value is -2.04. The van der Waals surface area contributed by atoms with Crippen LogP contribution in [-0.2, 0) is 4.74 Å². The summed E-state index contributed by atoms with van der Waals surface area (Å²) in [5, 5.41) is 8.70. The first-order valence-electron chi connectivity index (χ1n) is 7.60. The number of ether oxygens (including phenoxy) is 1. The average Bonchev–Trinajstić information content (AvgIpc) is 3.08. The quantitative estimate of drug-likeness (QED) is 0.826. The molecule has 2 fully saturated rings. The predicted octanol–water partition coefficient (Wildman–Crippen LogP) is 1.38. The average molecular weight is 321 g/mol. The standard InChI is InChI=1S/C16H17F2N3O2/c17-13-7-11(9-19)8-14(18)15(13)16(22)21-4-2-20(3-5-21)12-1-6-23-10-12/h7-8,12H,1-6,10H2. The number of hydrogen-bond donors (Lipinski definition) is 0. The highest BCUT2D eigenvalue weighted by atomic mass is 19.1. The van der Waals surface area contributed by atoms with Gasteiger partial charge < -0.3 is 9.64 Å². The first kappa shape index (κ1) is 15.8. The molecule has 23 heavy (non-hydrogen) atoms. The predicted molar refractivity (Wildman–Crippen MR) is 77.8 cm³/mol. The number of hydrogen-bond acceptors (Lipinski definition) is 4. The van der Waals surface area contributed by atoms with Crippen LogP contribution in [0.15, 0.2) is 12.1 Å². The molecule has 5 nitrogen and oxygen atoms in total. The van der Waals surface area contributed by atoms with Crippen LogP contribution in [0.5, 0.6) is 0 Å². The summed E-state index contributed by atoms with van der Waals surface area (Å²) < 4.78 is 33.3. The number of carbonyl (C=O) groups is 1. The number of carbonyl (C=O) groups excluding carboxylic acids is 1. The van der Waals surface area contributed by atoms with Gasteiger partial charge in [0.1, 0.15) is 17.2 Å². The molecule has 2 aliphatic rings. The van der Waals surface area contributed by atoms with E-state index in [4.69, 9.17) is 10.00 Å². The van der Waals surface area contributed by atoms with E-state index in [1.165, 1.54) is 4.90 Å². The largest absolute Gasteiger partial charge is 0.380 e. The van der Waals surface area contributed by atoms with Gasteiger partial charge in [0.25, 0.3) is 5.91 Å². The van der Waals surface area contributed by atoms with Crippen LogP contribution in [0.25, 0.3) is 0 Å². The molecule has 0 aliphatic carbocycles. The van der Waals surface area contributed by atoms with Crippen LogP contribution in [0.4, 0.5) is 8.78 Å². The van der Waals surface area contributed by atoms with Gasteiger partial charge in [0.15, 0.2) is 0 Å². The fraction of sp³-hybridized carbons (Fsp3) is 0.500. The maximum absolute atomic E-state index is 14.0. The van der Waals surface area contributed by atoms with Crippen molar-refractivity contribution in [2.24, 2.45) is 0 Å². The van der Waals surface area contributed by atoms with Gasteiger partial charge in [0.2, 0.25) is 0 Å². The Balaban J connectivity index is 1.69. The second kappa shape index (κ2) is 6.60. The van der Waals surface area contributed by atoms with Crippen molar-refractivity contribution in [3.05, 3.63) is 34.9 Å². The molecule has 2 heterocycles. The van der Waals surface area contributed by atoms with Crippen molar-refractivity contribution in [1.82, 2.24) is 9.80 Å². The van der Waals surface area contributed by atoms with Gasteiger partial charge in [-0.25, -0.2) is 8.78 Å². The summed E-state index contributed by atoms with van der Waals surface area (Å²) in [5.41, 5.74) is -0.718. The van der Waals surface area contributed by atoms with Crippen LogP contribution in [0.2, 0.25) is 0 Å². The maximum Gasteiger partial charge on any atom is 0.259 e. The third-order valence-corrected chi connectivity index (χ3v) is 4.41. The van der Waals surface area contributed by atoms with Gasteiger partial charge in [-0.1, -0.05) is 0 Å². The summed E-state index contributed by atoms with van der Waals surface area (Å²) in [4.78, 5) is 16.1. The van der Waals surface area contributed by atoms with Crippen molar-refractivity contribution < 1.29 is 18.3 Å². The van der Waals surface area contributed by atoms with Gasteiger partial charge in [-0.3, -0.25) is 9.69 Å². The Kier molecular flexibility index (Phi) is 4.55. The Morgan fingerprint density at radius 1 is 1.22 bits per heavy atom. The van der Waals surface area contributed by atoms with Gasteiger partial charge >= 0.3 is 0 Å². The zero-order chi connectivity index (χ0) is 16.4. The van der Waals surface area contributed by atoms with Gasteiger partial charge in [0, 0.05) is 38.8 Å². The molecule has 0 bridgehead atoms. The Labute approximate surface area is 133 Å². The van der Waals surface area contributed by atoms with Gasteiger partial charge in [-0.15, -0.1) is 0 Å². The van der Waals surface area contributed by atoms with Crippen LogP contribution in [0.3, 0.4) is 0 Å². The highest BCUT2D eigenvalue weighted by molar-refractivity contribution is 5.95. The number of piperazine rings is 1. The van der Waals surface area contributed by atoms with Gasteiger partial charge in [-0.05, 0) is 18.6 Å². The van der Waals surface area contributed by atoms with Crippen LogP contribution in [0, 0.1) is 23.0 Å². The van der Waals surface area contributed by atoms with Gasteiger partial charge in [0.05, 0.1) is 18.2 Å². The van der Waals surface area contributed by atoms with E-state index in [1.54, 1.807) is 6.07 Å². The summed E-state index contributed by atoms with van der Waals surface area (Å²) in [7, 11) is 0. The summed E-state index contributed by atoms with van der Waals surface area (Å²) in [6, 6.07) is 3.82. The fourth-order valence-electron chi connectivity index (χ4n) is 3.10. The minimum absolute atomic E-state index is 0.136. The lowest BCUT2D eigenvalue weighted by Gasteiger charge is -2.37. The molecule has 1 aromatic carbocycles. The van der Waals surface area contributed by atoms with E-state index in [2.05, 4.69) is 4.90 Å². The highest BCUT2D eigenvalue weighted by Gasteiger charge is 2.30. The zero-order valence-corrected chi connectivity index (χ0v) is 12.6. The molecular weight excluding hydrogens is 304 g/mol. The van der Waals surface area contributed by atoms with Gasteiger partial charge in [-0.2, -0.15) is 5.26 Å². The Bertz CT molecular complexity index is 622. The van der Waals surface area contributed by atoms with Crippen molar-refractivity contribution >= 4 is 5.91 Å². The minimum Gasteiger partial charge on any atom is -0.380 e. The third-order valence-electron chi connectivity index (χ3n) is 4.41. The van der Waals surface area contributed by atoms with E-state index in [0.717, 1.165) is 25.2 Å². The van der Waals surface area contributed by atoms with Crippen LogP contribution in [-0.4, -0.2) is 61.1 Å². The molecule has 1 atom stereocenters. The molecule has 1 aromatic rings. The van der Waals surface area contributed by atoms with E-state index in [9.17, 15) is 13.6 Å². The summed E-state index contributed by atoms with van der Waals surface area (Å²) >= 11 is 0.